The highest BCUT2D eigenvalue weighted by atomic mass is 16.5. The van der Waals surface area contributed by atoms with Crippen LogP contribution in [0, 0.1) is 5.92 Å². The summed E-state index contributed by atoms with van der Waals surface area (Å²) in [7, 11) is 0. The normalized spacial score (nSPS) is 21.5. The molecule has 0 radical (unpaired) electrons. The van der Waals surface area contributed by atoms with E-state index in [4.69, 9.17) is 4.52 Å². The first-order chi connectivity index (χ1) is 11.1. The van der Waals surface area contributed by atoms with Crippen LogP contribution < -0.4 is 5.32 Å². The maximum absolute atomic E-state index is 12.3. The van der Waals surface area contributed by atoms with Crippen LogP contribution in [0.5, 0.6) is 0 Å². The van der Waals surface area contributed by atoms with Gasteiger partial charge in [-0.15, -0.1) is 0 Å². The van der Waals surface area contributed by atoms with Crippen molar-refractivity contribution in [2.24, 2.45) is 5.92 Å². The van der Waals surface area contributed by atoms with Crippen molar-refractivity contribution in [3.63, 3.8) is 0 Å². The SMILES string of the molecule is CC(C)Cc1cc(C(=O)NC2CCC(n3cccn3)CC2)on1. The van der Waals surface area contributed by atoms with Gasteiger partial charge < -0.3 is 9.84 Å². The van der Waals surface area contributed by atoms with Crippen LogP contribution in [0.1, 0.15) is 61.8 Å². The Morgan fingerprint density at radius 3 is 2.83 bits per heavy atom. The molecule has 0 bridgehead atoms. The molecule has 0 atom stereocenters. The molecule has 2 aromatic rings. The van der Waals surface area contributed by atoms with Crippen LogP contribution in [-0.2, 0) is 6.42 Å². The Morgan fingerprint density at radius 2 is 2.17 bits per heavy atom. The van der Waals surface area contributed by atoms with Gasteiger partial charge in [-0.25, -0.2) is 0 Å². The van der Waals surface area contributed by atoms with E-state index in [0.29, 0.717) is 17.7 Å². The molecule has 6 nitrogen and oxygen atoms in total. The summed E-state index contributed by atoms with van der Waals surface area (Å²) in [5, 5.41) is 11.3. The van der Waals surface area contributed by atoms with Gasteiger partial charge in [-0.2, -0.15) is 5.10 Å². The molecule has 1 N–H and O–H groups in total. The van der Waals surface area contributed by atoms with Gasteiger partial charge in [-0.05, 0) is 44.1 Å². The number of rotatable bonds is 5. The van der Waals surface area contributed by atoms with E-state index in [0.717, 1.165) is 37.8 Å². The van der Waals surface area contributed by atoms with Crippen molar-refractivity contribution < 1.29 is 9.32 Å². The highest BCUT2D eigenvalue weighted by Gasteiger charge is 2.25. The molecule has 0 saturated heterocycles. The van der Waals surface area contributed by atoms with E-state index in [1.807, 2.05) is 23.1 Å². The Hall–Kier alpha value is -2.11. The Labute approximate surface area is 136 Å². The lowest BCUT2D eigenvalue weighted by Crippen LogP contribution is -2.37. The summed E-state index contributed by atoms with van der Waals surface area (Å²) in [5.41, 5.74) is 0.840. The van der Waals surface area contributed by atoms with Gasteiger partial charge in [0.25, 0.3) is 5.91 Å². The quantitative estimate of drug-likeness (QED) is 0.920. The third-order valence-electron chi connectivity index (χ3n) is 4.33. The van der Waals surface area contributed by atoms with E-state index in [9.17, 15) is 4.79 Å². The summed E-state index contributed by atoms with van der Waals surface area (Å²) < 4.78 is 7.19. The zero-order chi connectivity index (χ0) is 16.2. The number of nitrogens with one attached hydrogen (secondary N) is 1. The molecule has 124 valence electrons. The molecule has 2 heterocycles. The van der Waals surface area contributed by atoms with Crippen molar-refractivity contribution in [3.8, 4) is 0 Å². The van der Waals surface area contributed by atoms with Crippen molar-refractivity contribution >= 4 is 5.91 Å². The Bertz CT molecular complexity index is 625. The molecule has 1 amide bonds. The minimum atomic E-state index is -0.157. The summed E-state index contributed by atoms with van der Waals surface area (Å²) in [6.45, 7) is 4.24. The first kappa shape index (κ1) is 15.8. The smallest absolute Gasteiger partial charge is 0.290 e. The van der Waals surface area contributed by atoms with E-state index in [1.54, 1.807) is 6.07 Å². The van der Waals surface area contributed by atoms with Crippen molar-refractivity contribution in [1.82, 2.24) is 20.3 Å². The highest BCUT2D eigenvalue weighted by molar-refractivity contribution is 5.91. The Balaban J connectivity index is 1.50. The van der Waals surface area contributed by atoms with Gasteiger partial charge in [0.15, 0.2) is 0 Å². The summed E-state index contributed by atoms with van der Waals surface area (Å²) in [4.78, 5) is 12.3. The van der Waals surface area contributed by atoms with Crippen molar-refractivity contribution in [3.05, 3.63) is 36.0 Å². The van der Waals surface area contributed by atoms with Crippen LogP contribution in [0.4, 0.5) is 0 Å². The molecule has 0 aromatic carbocycles. The molecule has 6 heteroatoms. The summed E-state index contributed by atoms with van der Waals surface area (Å²) in [6, 6.07) is 4.35. The zero-order valence-corrected chi connectivity index (χ0v) is 13.7. The molecule has 23 heavy (non-hydrogen) atoms. The van der Waals surface area contributed by atoms with Crippen LogP contribution in [0.25, 0.3) is 0 Å². The van der Waals surface area contributed by atoms with Crippen LogP contribution in [0.15, 0.2) is 29.0 Å². The fourth-order valence-electron chi connectivity index (χ4n) is 3.17. The molecule has 2 aromatic heterocycles. The minimum absolute atomic E-state index is 0.157. The average Bonchev–Trinajstić information content (AvgIpc) is 3.19. The van der Waals surface area contributed by atoms with Gasteiger partial charge in [-0.1, -0.05) is 19.0 Å². The average molecular weight is 316 g/mol. The van der Waals surface area contributed by atoms with Gasteiger partial charge in [0.1, 0.15) is 0 Å². The molecule has 3 rings (SSSR count). The third kappa shape index (κ3) is 4.00. The predicted octanol–water partition coefficient (Wildman–Crippen LogP) is 2.98. The molecule has 1 aliphatic rings. The van der Waals surface area contributed by atoms with Crippen LogP contribution >= 0.6 is 0 Å². The molecule has 0 spiro atoms. The van der Waals surface area contributed by atoms with E-state index in [2.05, 4.69) is 29.4 Å². The Morgan fingerprint density at radius 1 is 1.39 bits per heavy atom. The summed E-state index contributed by atoms with van der Waals surface area (Å²) in [5.74, 6) is 0.651. The van der Waals surface area contributed by atoms with Crippen molar-refractivity contribution in [1.29, 1.82) is 0 Å². The standard InChI is InChI=1S/C17H24N4O2/c1-12(2)10-14-11-16(23-20-14)17(22)19-13-4-6-15(7-5-13)21-9-3-8-18-21/h3,8-9,11-13,15H,4-7,10H2,1-2H3,(H,19,22). The van der Waals surface area contributed by atoms with Gasteiger partial charge in [0.05, 0.1) is 11.7 Å². The lowest BCUT2D eigenvalue weighted by molar-refractivity contribution is 0.0884. The molecule has 1 aliphatic carbocycles. The van der Waals surface area contributed by atoms with Gasteiger partial charge in [0.2, 0.25) is 5.76 Å². The summed E-state index contributed by atoms with van der Waals surface area (Å²) in [6.07, 6.45) is 8.63. The van der Waals surface area contributed by atoms with Gasteiger partial charge in [0, 0.05) is 24.5 Å². The van der Waals surface area contributed by atoms with E-state index >= 15 is 0 Å². The number of aromatic nitrogens is 3. The molecular weight excluding hydrogens is 292 g/mol. The van der Waals surface area contributed by atoms with Crippen LogP contribution in [0.2, 0.25) is 0 Å². The zero-order valence-electron chi connectivity index (χ0n) is 13.7. The first-order valence-corrected chi connectivity index (χ1v) is 8.37. The van der Waals surface area contributed by atoms with Crippen LogP contribution in [0.3, 0.4) is 0 Å². The fourth-order valence-corrected chi connectivity index (χ4v) is 3.17. The molecule has 1 fully saturated rings. The topological polar surface area (TPSA) is 73.0 Å². The van der Waals surface area contributed by atoms with E-state index in [-0.39, 0.29) is 11.9 Å². The fraction of sp³-hybridized carbons (Fsp3) is 0.588. The van der Waals surface area contributed by atoms with E-state index < -0.39 is 0 Å². The van der Waals surface area contributed by atoms with Crippen molar-refractivity contribution in [2.45, 2.75) is 58.0 Å². The van der Waals surface area contributed by atoms with Crippen LogP contribution in [-0.4, -0.2) is 26.9 Å². The first-order valence-electron chi connectivity index (χ1n) is 8.37. The lowest BCUT2D eigenvalue weighted by Gasteiger charge is -2.28. The maximum Gasteiger partial charge on any atom is 0.290 e. The minimum Gasteiger partial charge on any atom is -0.351 e. The number of carbonyl (C=O) groups excluding carboxylic acids is 1. The molecular formula is C17H24N4O2. The summed E-state index contributed by atoms with van der Waals surface area (Å²) >= 11 is 0. The second-order valence-corrected chi connectivity index (χ2v) is 6.75. The maximum atomic E-state index is 12.3. The van der Waals surface area contributed by atoms with Crippen molar-refractivity contribution in [2.75, 3.05) is 0 Å². The second-order valence-electron chi connectivity index (χ2n) is 6.75. The molecule has 1 saturated carbocycles. The lowest BCUT2D eigenvalue weighted by atomic mass is 9.91. The van der Waals surface area contributed by atoms with Gasteiger partial charge >= 0.3 is 0 Å². The largest absolute Gasteiger partial charge is 0.351 e. The number of amides is 1. The Kier molecular flexibility index (Phi) is 4.79. The number of carbonyl (C=O) groups is 1. The van der Waals surface area contributed by atoms with Gasteiger partial charge in [-0.3, -0.25) is 9.48 Å². The third-order valence-corrected chi connectivity index (χ3v) is 4.33. The predicted molar refractivity (Wildman–Crippen MR) is 86.0 cm³/mol. The number of hydrogen-bond donors (Lipinski definition) is 1. The van der Waals surface area contributed by atoms with E-state index in [1.165, 1.54) is 0 Å². The second kappa shape index (κ2) is 6.98. The monoisotopic (exact) mass is 316 g/mol. The molecule has 0 unspecified atom stereocenters. The highest BCUT2D eigenvalue weighted by Crippen LogP contribution is 2.27. The number of hydrogen-bond acceptors (Lipinski definition) is 4. The number of nitrogens with zero attached hydrogens (tertiary/aromatic N) is 3. The molecule has 0 aliphatic heterocycles.